The van der Waals surface area contributed by atoms with Crippen molar-refractivity contribution < 1.29 is 9.26 Å². The molecule has 1 aromatic carbocycles. The van der Waals surface area contributed by atoms with E-state index in [4.69, 9.17) is 15.0 Å². The summed E-state index contributed by atoms with van der Waals surface area (Å²) in [5.41, 5.74) is 9.50. The van der Waals surface area contributed by atoms with E-state index >= 15 is 0 Å². The number of aromatic nitrogens is 1. The lowest BCUT2D eigenvalue weighted by molar-refractivity contribution is 0.319. The first-order chi connectivity index (χ1) is 9.61. The second-order valence-corrected chi connectivity index (χ2v) is 4.76. The molecule has 1 aromatic heterocycles. The van der Waals surface area contributed by atoms with Crippen molar-refractivity contribution in [1.29, 1.82) is 0 Å². The number of rotatable bonds is 6. The van der Waals surface area contributed by atoms with Gasteiger partial charge in [0.15, 0.2) is 0 Å². The van der Waals surface area contributed by atoms with E-state index in [0.717, 1.165) is 34.9 Å². The molecule has 5 heteroatoms. The predicted octanol–water partition coefficient (Wildman–Crippen LogP) is 3.27. The fourth-order valence-electron chi connectivity index (χ4n) is 1.93. The molecule has 0 radical (unpaired) electrons. The Hall–Kier alpha value is -2.17. The highest BCUT2D eigenvalue weighted by Crippen LogP contribution is 2.26. The van der Waals surface area contributed by atoms with Crippen LogP contribution in [0.3, 0.4) is 0 Å². The largest absolute Gasteiger partial charge is 0.491 e. The summed E-state index contributed by atoms with van der Waals surface area (Å²) in [7, 11) is 0. The minimum Gasteiger partial charge on any atom is -0.491 e. The molecule has 3 N–H and O–H groups in total. The zero-order chi connectivity index (χ0) is 14.5. The number of nitrogen functional groups attached to an aromatic ring is 1. The van der Waals surface area contributed by atoms with Gasteiger partial charge in [0.2, 0.25) is 0 Å². The molecular formula is C15H21N3O2. The van der Waals surface area contributed by atoms with Crippen molar-refractivity contribution in [2.75, 3.05) is 17.7 Å². The first kappa shape index (κ1) is 14.2. The van der Waals surface area contributed by atoms with Crippen LogP contribution in [0, 0.1) is 13.8 Å². The maximum absolute atomic E-state index is 5.89. The fraction of sp³-hybridized carbons (Fsp3) is 0.400. The Bertz CT molecular complexity index is 559. The van der Waals surface area contributed by atoms with E-state index in [2.05, 4.69) is 17.4 Å². The topological polar surface area (TPSA) is 73.3 Å². The van der Waals surface area contributed by atoms with E-state index in [0.29, 0.717) is 18.8 Å². The van der Waals surface area contributed by atoms with Crippen molar-refractivity contribution in [3.63, 3.8) is 0 Å². The van der Waals surface area contributed by atoms with Gasteiger partial charge in [-0.15, -0.1) is 0 Å². The van der Waals surface area contributed by atoms with Gasteiger partial charge < -0.3 is 20.3 Å². The normalized spacial score (nSPS) is 10.6. The first-order valence-corrected chi connectivity index (χ1v) is 6.79. The summed E-state index contributed by atoms with van der Waals surface area (Å²) >= 11 is 0. The number of nitrogens with two attached hydrogens (primary N) is 1. The highest BCUT2D eigenvalue weighted by Gasteiger charge is 2.09. The van der Waals surface area contributed by atoms with Gasteiger partial charge in [-0.1, -0.05) is 12.1 Å². The van der Waals surface area contributed by atoms with Gasteiger partial charge in [-0.05, 0) is 32.4 Å². The molecule has 20 heavy (non-hydrogen) atoms. The van der Waals surface area contributed by atoms with Crippen LogP contribution in [0.4, 0.5) is 11.4 Å². The Kier molecular flexibility index (Phi) is 4.50. The van der Waals surface area contributed by atoms with Crippen molar-refractivity contribution in [2.24, 2.45) is 0 Å². The Morgan fingerprint density at radius 1 is 1.35 bits per heavy atom. The molecule has 0 aliphatic heterocycles. The summed E-state index contributed by atoms with van der Waals surface area (Å²) in [5, 5.41) is 7.28. The number of nitrogens with zero attached hydrogens (tertiary/aromatic N) is 1. The highest BCUT2D eigenvalue weighted by molar-refractivity contribution is 5.61. The van der Waals surface area contributed by atoms with Crippen LogP contribution >= 0.6 is 0 Å². The minimum absolute atomic E-state index is 0.654. The molecule has 0 aliphatic rings. The van der Waals surface area contributed by atoms with Crippen LogP contribution in [0.5, 0.6) is 5.75 Å². The Labute approximate surface area is 119 Å². The minimum atomic E-state index is 0.654. The summed E-state index contributed by atoms with van der Waals surface area (Å²) in [6.45, 7) is 7.24. The number of hydrogen-bond donors (Lipinski definition) is 2. The lowest BCUT2D eigenvalue weighted by atomic mass is 10.2. The fourth-order valence-corrected chi connectivity index (χ4v) is 1.93. The molecule has 0 atom stereocenters. The van der Waals surface area contributed by atoms with Gasteiger partial charge in [-0.25, -0.2) is 0 Å². The van der Waals surface area contributed by atoms with E-state index in [-0.39, 0.29) is 0 Å². The van der Waals surface area contributed by atoms with Crippen LogP contribution in [0.25, 0.3) is 0 Å². The van der Waals surface area contributed by atoms with Gasteiger partial charge in [0, 0.05) is 23.9 Å². The van der Waals surface area contributed by atoms with Crippen molar-refractivity contribution in [3.05, 3.63) is 35.2 Å². The number of hydrogen-bond acceptors (Lipinski definition) is 5. The van der Waals surface area contributed by atoms with Gasteiger partial charge in [0.1, 0.15) is 11.5 Å². The van der Waals surface area contributed by atoms with Gasteiger partial charge in [0.25, 0.3) is 0 Å². The molecule has 5 nitrogen and oxygen atoms in total. The second-order valence-electron chi connectivity index (χ2n) is 4.76. The van der Waals surface area contributed by atoms with E-state index in [9.17, 15) is 0 Å². The third-order valence-corrected chi connectivity index (χ3v) is 3.13. The molecule has 0 spiro atoms. The Morgan fingerprint density at radius 2 is 2.15 bits per heavy atom. The molecule has 0 saturated heterocycles. The van der Waals surface area contributed by atoms with Crippen LogP contribution in [-0.2, 0) is 6.54 Å². The zero-order valence-corrected chi connectivity index (χ0v) is 12.2. The number of anilines is 2. The molecule has 0 saturated carbocycles. The molecule has 0 unspecified atom stereocenters. The molecule has 2 aromatic rings. The monoisotopic (exact) mass is 275 g/mol. The summed E-state index contributed by atoms with van der Waals surface area (Å²) in [4.78, 5) is 0. The average molecular weight is 275 g/mol. The molecule has 0 bridgehead atoms. The molecule has 0 aliphatic carbocycles. The molecule has 1 heterocycles. The maximum atomic E-state index is 5.89. The van der Waals surface area contributed by atoms with Crippen molar-refractivity contribution in [2.45, 2.75) is 33.7 Å². The van der Waals surface area contributed by atoms with Crippen LogP contribution < -0.4 is 15.8 Å². The van der Waals surface area contributed by atoms with E-state index in [1.54, 1.807) is 0 Å². The lowest BCUT2D eigenvalue weighted by Gasteiger charge is -2.11. The lowest BCUT2D eigenvalue weighted by Crippen LogP contribution is -2.03. The van der Waals surface area contributed by atoms with Gasteiger partial charge in [-0.3, -0.25) is 0 Å². The van der Waals surface area contributed by atoms with Crippen LogP contribution in [0.1, 0.15) is 30.4 Å². The van der Waals surface area contributed by atoms with E-state index in [1.165, 1.54) is 0 Å². The number of ether oxygens (including phenoxy) is 1. The summed E-state index contributed by atoms with van der Waals surface area (Å²) in [6.07, 6.45) is 0.955. The van der Waals surface area contributed by atoms with Crippen molar-refractivity contribution in [3.8, 4) is 5.75 Å². The molecule has 0 fully saturated rings. The number of aryl methyl sites for hydroxylation is 2. The van der Waals surface area contributed by atoms with E-state index in [1.807, 2.05) is 32.0 Å². The van der Waals surface area contributed by atoms with Crippen molar-refractivity contribution >= 4 is 11.4 Å². The third kappa shape index (κ3) is 3.23. The molecule has 0 amide bonds. The molecular weight excluding hydrogens is 254 g/mol. The quantitative estimate of drug-likeness (QED) is 0.791. The highest BCUT2D eigenvalue weighted by atomic mass is 16.5. The number of benzene rings is 1. The van der Waals surface area contributed by atoms with E-state index < -0.39 is 0 Å². The van der Waals surface area contributed by atoms with Crippen LogP contribution in [0.2, 0.25) is 0 Å². The standard InChI is InChI=1S/C15H21N3O2/c1-4-7-19-15-8-12(5-6-14(15)16)17-9-13-10(2)18-20-11(13)3/h5-6,8,17H,4,7,9,16H2,1-3H3. The Balaban J connectivity index is 2.06. The summed E-state index contributed by atoms with van der Waals surface area (Å²) < 4.78 is 10.8. The van der Waals surface area contributed by atoms with Crippen LogP contribution in [0.15, 0.2) is 22.7 Å². The average Bonchev–Trinajstić information content (AvgIpc) is 2.76. The second kappa shape index (κ2) is 6.32. The maximum Gasteiger partial charge on any atom is 0.144 e. The predicted molar refractivity (Wildman–Crippen MR) is 79.9 cm³/mol. The molecule has 2 rings (SSSR count). The Morgan fingerprint density at radius 3 is 2.80 bits per heavy atom. The smallest absolute Gasteiger partial charge is 0.144 e. The summed E-state index contributed by atoms with van der Waals surface area (Å²) in [6, 6.07) is 5.70. The number of nitrogens with one attached hydrogen (secondary N) is 1. The zero-order valence-electron chi connectivity index (χ0n) is 12.2. The van der Waals surface area contributed by atoms with Gasteiger partial charge in [0.05, 0.1) is 18.0 Å². The third-order valence-electron chi connectivity index (χ3n) is 3.13. The SMILES string of the molecule is CCCOc1cc(NCc2c(C)noc2C)ccc1N. The van der Waals surface area contributed by atoms with Gasteiger partial charge in [-0.2, -0.15) is 0 Å². The first-order valence-electron chi connectivity index (χ1n) is 6.79. The molecule has 108 valence electrons. The van der Waals surface area contributed by atoms with Gasteiger partial charge >= 0.3 is 0 Å². The van der Waals surface area contributed by atoms with Crippen LogP contribution in [-0.4, -0.2) is 11.8 Å². The summed E-state index contributed by atoms with van der Waals surface area (Å²) in [5.74, 6) is 1.56. The van der Waals surface area contributed by atoms with Crippen molar-refractivity contribution in [1.82, 2.24) is 5.16 Å².